The molecule has 5 rings (SSSR count). The van der Waals surface area contributed by atoms with Gasteiger partial charge in [-0.25, -0.2) is 0 Å². The van der Waals surface area contributed by atoms with E-state index in [1.807, 2.05) is 30.3 Å². The Morgan fingerprint density at radius 2 is 1.47 bits per heavy atom. The highest BCUT2D eigenvalue weighted by Gasteiger charge is 2.22. The predicted molar refractivity (Wildman–Crippen MR) is 134 cm³/mol. The van der Waals surface area contributed by atoms with Gasteiger partial charge in [0.2, 0.25) is 0 Å². The first kappa shape index (κ1) is 21.6. The second-order valence-corrected chi connectivity index (χ2v) is 8.76. The lowest BCUT2D eigenvalue weighted by atomic mass is 9.94. The van der Waals surface area contributed by atoms with Crippen molar-refractivity contribution >= 4 is 16.6 Å². The van der Waals surface area contributed by atoms with E-state index in [0.29, 0.717) is 11.1 Å². The third-order valence-electron chi connectivity index (χ3n) is 6.30. The lowest BCUT2D eigenvalue weighted by molar-refractivity contribution is -0.00521. The first-order valence-electron chi connectivity index (χ1n) is 11.4. The highest BCUT2D eigenvalue weighted by Crippen LogP contribution is 2.34. The van der Waals surface area contributed by atoms with Gasteiger partial charge in [0.05, 0.1) is 34.9 Å². The molecule has 1 saturated heterocycles. The Labute approximate surface area is 199 Å². The van der Waals surface area contributed by atoms with Gasteiger partial charge < -0.3 is 9.64 Å². The zero-order valence-corrected chi connectivity index (χ0v) is 19.2. The fourth-order valence-electron chi connectivity index (χ4n) is 4.76. The fraction of sp³-hybridized carbons (Fsp3) is 0.207. The molecule has 0 saturated carbocycles. The Kier molecular flexibility index (Phi) is 5.72. The van der Waals surface area contributed by atoms with Gasteiger partial charge in [-0.3, -0.25) is 4.98 Å². The van der Waals surface area contributed by atoms with Crippen LogP contribution in [-0.2, 0) is 4.74 Å². The molecule has 5 heteroatoms. The summed E-state index contributed by atoms with van der Waals surface area (Å²) in [5.41, 5.74) is 6.85. The highest BCUT2D eigenvalue weighted by molar-refractivity contribution is 5.99. The molecule has 0 N–H and O–H groups in total. The first-order chi connectivity index (χ1) is 16.6. The van der Waals surface area contributed by atoms with E-state index in [9.17, 15) is 5.26 Å². The molecule has 0 aliphatic carbocycles. The summed E-state index contributed by atoms with van der Waals surface area (Å²) in [4.78, 5) is 7.12. The normalized spacial score (nSPS) is 17.8. The predicted octanol–water partition coefficient (Wildman–Crippen LogP) is 5.93. The molecule has 0 amide bonds. The Balaban J connectivity index is 1.53. The zero-order chi connectivity index (χ0) is 23.7. The number of fused-ring (bicyclic) bond motifs is 1. The van der Waals surface area contributed by atoms with Crippen LogP contribution in [0.1, 0.15) is 25.0 Å². The molecular formula is C29H24N4O. The Morgan fingerprint density at radius 3 is 2.12 bits per heavy atom. The molecule has 0 bridgehead atoms. The van der Waals surface area contributed by atoms with Crippen molar-refractivity contribution in [2.45, 2.75) is 26.1 Å². The van der Waals surface area contributed by atoms with E-state index in [4.69, 9.17) is 15.0 Å². The number of para-hydroxylation sites is 1. The monoisotopic (exact) mass is 444 g/mol. The van der Waals surface area contributed by atoms with Crippen LogP contribution in [0.4, 0.5) is 5.69 Å². The van der Waals surface area contributed by atoms with Crippen LogP contribution >= 0.6 is 0 Å². The number of nitrogens with zero attached hydrogens (tertiary/aromatic N) is 4. The molecule has 2 heterocycles. The molecule has 1 aromatic heterocycles. The summed E-state index contributed by atoms with van der Waals surface area (Å²) in [6.07, 6.45) is 2.19. The largest absolute Gasteiger partial charge is 0.372 e. The van der Waals surface area contributed by atoms with E-state index >= 15 is 0 Å². The van der Waals surface area contributed by atoms with E-state index in [1.165, 1.54) is 0 Å². The highest BCUT2D eigenvalue weighted by atomic mass is 16.5. The lowest BCUT2D eigenvalue weighted by Crippen LogP contribution is -2.45. The number of anilines is 1. The molecule has 2 atom stereocenters. The van der Waals surface area contributed by atoms with E-state index in [1.54, 1.807) is 18.3 Å². The number of ether oxygens (including phenoxy) is 1. The third-order valence-corrected chi connectivity index (χ3v) is 6.30. The molecule has 3 aromatic carbocycles. The van der Waals surface area contributed by atoms with Crippen molar-refractivity contribution in [1.29, 1.82) is 10.5 Å². The van der Waals surface area contributed by atoms with Gasteiger partial charge in [0.15, 0.2) is 0 Å². The van der Waals surface area contributed by atoms with E-state index in [0.717, 1.165) is 51.9 Å². The van der Waals surface area contributed by atoms with E-state index < -0.39 is 0 Å². The molecular weight excluding hydrogens is 420 g/mol. The van der Waals surface area contributed by atoms with Crippen LogP contribution in [0, 0.1) is 22.7 Å². The molecule has 4 aromatic rings. The van der Waals surface area contributed by atoms with Crippen molar-refractivity contribution in [1.82, 2.24) is 4.98 Å². The van der Waals surface area contributed by atoms with Crippen LogP contribution in [0.5, 0.6) is 0 Å². The summed E-state index contributed by atoms with van der Waals surface area (Å²) in [6, 6.07) is 26.2. The van der Waals surface area contributed by atoms with Gasteiger partial charge in [-0.1, -0.05) is 42.5 Å². The number of rotatable bonds is 3. The van der Waals surface area contributed by atoms with Gasteiger partial charge in [0.1, 0.15) is 6.07 Å². The number of nitriles is 2. The Bertz CT molecular complexity index is 1420. The van der Waals surface area contributed by atoms with Crippen molar-refractivity contribution in [3.8, 4) is 34.4 Å². The van der Waals surface area contributed by atoms with Crippen LogP contribution in [0.25, 0.3) is 33.2 Å². The van der Waals surface area contributed by atoms with Crippen LogP contribution < -0.4 is 4.90 Å². The van der Waals surface area contributed by atoms with Crippen LogP contribution in [0.3, 0.4) is 0 Å². The number of hydrogen-bond donors (Lipinski definition) is 0. The zero-order valence-electron chi connectivity index (χ0n) is 19.2. The maximum absolute atomic E-state index is 10.1. The summed E-state index contributed by atoms with van der Waals surface area (Å²) >= 11 is 0. The Hall–Kier alpha value is -4.19. The quantitative estimate of drug-likeness (QED) is 0.392. The van der Waals surface area contributed by atoms with Gasteiger partial charge in [-0.15, -0.1) is 0 Å². The molecule has 34 heavy (non-hydrogen) atoms. The van der Waals surface area contributed by atoms with Crippen molar-refractivity contribution < 1.29 is 4.74 Å². The first-order valence-corrected chi connectivity index (χ1v) is 11.4. The van der Waals surface area contributed by atoms with Crippen molar-refractivity contribution in [2.75, 3.05) is 18.0 Å². The molecule has 0 spiro atoms. The fourth-order valence-corrected chi connectivity index (χ4v) is 4.76. The maximum atomic E-state index is 10.1. The number of aromatic nitrogens is 1. The molecule has 5 nitrogen and oxygen atoms in total. The minimum Gasteiger partial charge on any atom is -0.372 e. The number of pyridine rings is 1. The minimum atomic E-state index is 0.198. The number of benzene rings is 3. The molecule has 0 unspecified atom stereocenters. The minimum absolute atomic E-state index is 0.198. The average molecular weight is 445 g/mol. The molecule has 0 radical (unpaired) electrons. The van der Waals surface area contributed by atoms with Gasteiger partial charge in [0.25, 0.3) is 0 Å². The maximum Gasteiger partial charge on any atom is 0.101 e. The number of hydrogen-bond acceptors (Lipinski definition) is 5. The third kappa shape index (κ3) is 3.99. The molecule has 1 aliphatic heterocycles. The van der Waals surface area contributed by atoms with Crippen molar-refractivity contribution in [3.63, 3.8) is 0 Å². The van der Waals surface area contributed by atoms with Crippen LogP contribution in [-0.4, -0.2) is 30.3 Å². The Morgan fingerprint density at radius 1 is 0.824 bits per heavy atom. The van der Waals surface area contributed by atoms with Gasteiger partial charge in [-0.05, 0) is 49.2 Å². The van der Waals surface area contributed by atoms with Crippen LogP contribution in [0.2, 0.25) is 0 Å². The standard InChI is InChI=1S/C29H24N4O/c1-19-17-33(18-20(2)34-19)24-12-10-23(11-13-24)28-16-32-29-25(4-3-5-26(29)27(28)15-31)22-8-6-21(14-30)7-9-22/h3-13,16,19-20H,17-18H2,1-2H3/t19-,20+. The molecule has 166 valence electrons. The summed E-state index contributed by atoms with van der Waals surface area (Å²) in [6.45, 7) is 5.93. The number of morpholine rings is 1. The lowest BCUT2D eigenvalue weighted by Gasteiger charge is -2.36. The van der Waals surface area contributed by atoms with Crippen LogP contribution in [0.15, 0.2) is 72.9 Å². The molecule has 1 aliphatic rings. The van der Waals surface area contributed by atoms with E-state index in [2.05, 4.69) is 55.2 Å². The SMILES string of the molecule is C[C@@H]1CN(c2ccc(-c3cnc4c(-c5ccc(C#N)cc5)cccc4c3C#N)cc2)C[C@H](C)O1. The topological polar surface area (TPSA) is 72.9 Å². The summed E-state index contributed by atoms with van der Waals surface area (Å²) in [5.74, 6) is 0. The second-order valence-electron chi connectivity index (χ2n) is 8.76. The average Bonchev–Trinajstić information content (AvgIpc) is 2.87. The second kappa shape index (κ2) is 8.98. The smallest absolute Gasteiger partial charge is 0.101 e. The summed E-state index contributed by atoms with van der Waals surface area (Å²) in [5, 5.41) is 20.0. The summed E-state index contributed by atoms with van der Waals surface area (Å²) < 4.78 is 5.85. The molecule has 1 fully saturated rings. The van der Waals surface area contributed by atoms with Crippen molar-refractivity contribution in [2.24, 2.45) is 0 Å². The van der Waals surface area contributed by atoms with Gasteiger partial charge in [-0.2, -0.15) is 10.5 Å². The van der Waals surface area contributed by atoms with Gasteiger partial charge >= 0.3 is 0 Å². The van der Waals surface area contributed by atoms with Gasteiger partial charge in [0, 0.05) is 41.5 Å². The van der Waals surface area contributed by atoms with E-state index in [-0.39, 0.29) is 12.2 Å². The van der Waals surface area contributed by atoms with Crippen molar-refractivity contribution in [3.05, 3.63) is 84.1 Å². The summed E-state index contributed by atoms with van der Waals surface area (Å²) in [7, 11) is 0.